The number of nitrogens with zero attached hydrogens (tertiary/aromatic N) is 1. The van der Waals surface area contributed by atoms with Crippen LogP contribution in [0.3, 0.4) is 0 Å². The van der Waals surface area contributed by atoms with Crippen molar-refractivity contribution in [2.75, 3.05) is 13.2 Å². The number of hydrogen-bond acceptors (Lipinski definition) is 5. The smallest absolute Gasteiger partial charge is 0.305 e. The van der Waals surface area contributed by atoms with E-state index in [2.05, 4.69) is 50.2 Å². The average Bonchev–Trinajstić information content (AvgIpc) is 2.74. The van der Waals surface area contributed by atoms with Gasteiger partial charge in [-0.2, -0.15) is 0 Å². The van der Waals surface area contributed by atoms with E-state index in [1.165, 1.54) is 0 Å². The van der Waals surface area contributed by atoms with Crippen LogP contribution in [0.4, 0.5) is 0 Å². The Morgan fingerprint density at radius 1 is 1.08 bits per heavy atom. The van der Waals surface area contributed by atoms with Crippen molar-refractivity contribution in [2.24, 2.45) is 10.8 Å². The largest absolute Gasteiger partial charge is 0.488 e. The number of ether oxygens (including phenoxy) is 1. The zero-order valence-corrected chi connectivity index (χ0v) is 23.0. The van der Waals surface area contributed by atoms with E-state index in [4.69, 9.17) is 4.74 Å². The second kappa shape index (κ2) is 9.66. The van der Waals surface area contributed by atoms with Gasteiger partial charge in [0.25, 0.3) is 0 Å². The second-order valence-electron chi connectivity index (χ2n) is 11.6. The number of rotatable bonds is 7. The van der Waals surface area contributed by atoms with Gasteiger partial charge in [-0.25, -0.2) is 0 Å². The van der Waals surface area contributed by atoms with Crippen LogP contribution in [0.5, 0.6) is 5.75 Å². The van der Waals surface area contributed by atoms with E-state index in [-0.39, 0.29) is 35.4 Å². The highest BCUT2D eigenvalue weighted by atomic mass is 79.9. The lowest BCUT2D eigenvalue weighted by molar-refractivity contribution is -0.137. The molecule has 192 valence electrons. The Bertz CT molecular complexity index is 1150. The molecule has 0 saturated carbocycles. The highest BCUT2D eigenvalue weighted by Crippen LogP contribution is 2.54. The van der Waals surface area contributed by atoms with Gasteiger partial charge in [-0.1, -0.05) is 46.4 Å². The molecule has 1 N–H and O–H groups in total. The predicted octanol–water partition coefficient (Wildman–Crippen LogP) is 6.17. The summed E-state index contributed by atoms with van der Waals surface area (Å²) in [4.78, 5) is 41.0. The van der Waals surface area contributed by atoms with Gasteiger partial charge in [0, 0.05) is 47.8 Å². The number of Topliss-reactive ketones (excluding diaryl/α,β-unsaturated/α-hetero) is 2. The highest BCUT2D eigenvalue weighted by Gasteiger charge is 2.49. The molecular weight excluding hydrogens is 522 g/mol. The predicted molar refractivity (Wildman–Crippen MR) is 142 cm³/mol. The van der Waals surface area contributed by atoms with E-state index < -0.39 is 11.9 Å². The van der Waals surface area contributed by atoms with E-state index in [9.17, 15) is 19.5 Å². The third kappa shape index (κ3) is 5.08. The van der Waals surface area contributed by atoms with Gasteiger partial charge in [-0.05, 0) is 57.3 Å². The Morgan fingerprint density at radius 2 is 1.64 bits per heavy atom. The SMILES string of the molecule is C=CCOc1ccc(C2C3=C(CC(C)(C)CC3=O)N(CCC(=O)O)C3=C2C(=O)CC(C)(C)C3)cc1Br. The monoisotopic (exact) mass is 555 g/mol. The van der Waals surface area contributed by atoms with Crippen LogP contribution < -0.4 is 4.74 Å². The molecule has 1 aromatic carbocycles. The minimum Gasteiger partial charge on any atom is -0.488 e. The number of ketones is 2. The Balaban J connectivity index is 1.94. The van der Waals surface area contributed by atoms with E-state index in [1.54, 1.807) is 6.08 Å². The van der Waals surface area contributed by atoms with Gasteiger partial charge in [0.15, 0.2) is 11.6 Å². The summed E-state index contributed by atoms with van der Waals surface area (Å²) in [6.07, 6.45) is 3.68. The fourth-order valence-electron chi connectivity index (χ4n) is 5.82. The van der Waals surface area contributed by atoms with Crippen molar-refractivity contribution in [2.45, 2.75) is 65.7 Å². The van der Waals surface area contributed by atoms with Gasteiger partial charge in [-0.3, -0.25) is 14.4 Å². The molecule has 0 saturated heterocycles. The number of allylic oxidation sites excluding steroid dienone is 4. The minimum atomic E-state index is -0.900. The number of carbonyl (C=O) groups is 3. The zero-order chi connectivity index (χ0) is 26.4. The maximum absolute atomic E-state index is 13.7. The molecule has 1 heterocycles. The summed E-state index contributed by atoms with van der Waals surface area (Å²) in [6.45, 7) is 12.6. The first kappa shape index (κ1) is 26.4. The van der Waals surface area contributed by atoms with Crippen LogP contribution in [-0.4, -0.2) is 40.7 Å². The molecule has 3 aliphatic rings. The van der Waals surface area contributed by atoms with Crippen LogP contribution in [-0.2, 0) is 14.4 Å². The van der Waals surface area contributed by atoms with Crippen LogP contribution in [0.25, 0.3) is 0 Å². The number of aliphatic carboxylic acids is 1. The number of carboxylic acids is 1. The van der Waals surface area contributed by atoms with Crippen molar-refractivity contribution in [3.8, 4) is 5.75 Å². The third-order valence-corrected chi connectivity index (χ3v) is 7.84. The van der Waals surface area contributed by atoms with Crippen molar-refractivity contribution < 1.29 is 24.2 Å². The first-order valence-corrected chi connectivity index (χ1v) is 13.2. The summed E-state index contributed by atoms with van der Waals surface area (Å²) < 4.78 is 6.47. The first-order valence-electron chi connectivity index (χ1n) is 12.4. The molecule has 1 aromatic rings. The normalized spacial score (nSPS) is 21.3. The standard InChI is InChI=1S/C29H34BrNO5/c1-6-11-36-23-8-7-17(12-18(23)30)25-26-19(13-28(2,3)15-21(26)32)31(10-9-24(34)35)20-14-29(4,5)16-22(33)27(20)25/h6-8,12,25H,1,9-11,13-16H2,2-5H3,(H,34,35). The molecule has 0 radical (unpaired) electrons. The maximum Gasteiger partial charge on any atom is 0.305 e. The topological polar surface area (TPSA) is 83.9 Å². The van der Waals surface area contributed by atoms with Gasteiger partial charge in [0.05, 0.1) is 10.9 Å². The van der Waals surface area contributed by atoms with Crippen molar-refractivity contribution >= 4 is 33.5 Å². The van der Waals surface area contributed by atoms with Gasteiger partial charge in [0.1, 0.15) is 12.4 Å². The van der Waals surface area contributed by atoms with Gasteiger partial charge in [-0.15, -0.1) is 0 Å². The fraction of sp³-hybridized carbons (Fsp3) is 0.483. The Hall–Kier alpha value is -2.67. The molecule has 7 heteroatoms. The fourth-order valence-corrected chi connectivity index (χ4v) is 6.33. The summed E-state index contributed by atoms with van der Waals surface area (Å²) in [5.74, 6) is -0.665. The Morgan fingerprint density at radius 3 is 2.11 bits per heavy atom. The van der Waals surface area contributed by atoms with Crippen LogP contribution in [0, 0.1) is 10.8 Å². The maximum atomic E-state index is 13.7. The second-order valence-corrected chi connectivity index (χ2v) is 12.5. The molecule has 0 spiro atoms. The molecule has 0 unspecified atom stereocenters. The molecule has 1 aliphatic heterocycles. The quantitative estimate of drug-likeness (QED) is 0.404. The molecule has 6 nitrogen and oxygen atoms in total. The lowest BCUT2D eigenvalue weighted by Gasteiger charge is -2.49. The first-order chi connectivity index (χ1) is 16.8. The van der Waals surface area contributed by atoms with E-state index in [0.29, 0.717) is 49.2 Å². The number of carbonyl (C=O) groups excluding carboxylic acids is 2. The summed E-state index contributed by atoms with van der Waals surface area (Å²) in [5, 5.41) is 9.48. The average molecular weight is 556 g/mol. The molecule has 0 amide bonds. The van der Waals surface area contributed by atoms with Crippen molar-refractivity contribution in [3.05, 3.63) is 63.4 Å². The molecule has 4 rings (SSSR count). The summed E-state index contributed by atoms with van der Waals surface area (Å²) in [7, 11) is 0. The van der Waals surface area contributed by atoms with E-state index in [1.807, 2.05) is 23.1 Å². The number of benzene rings is 1. The minimum absolute atomic E-state index is 0.0267. The van der Waals surface area contributed by atoms with Gasteiger partial charge >= 0.3 is 5.97 Å². The van der Waals surface area contributed by atoms with Gasteiger partial charge < -0.3 is 14.7 Å². The summed E-state index contributed by atoms with van der Waals surface area (Å²) in [6, 6.07) is 5.72. The number of halogens is 1. The molecule has 0 atom stereocenters. The Labute approximate surface area is 221 Å². The summed E-state index contributed by atoms with van der Waals surface area (Å²) >= 11 is 3.60. The highest BCUT2D eigenvalue weighted by molar-refractivity contribution is 9.10. The van der Waals surface area contributed by atoms with Crippen LogP contribution in [0.1, 0.15) is 71.3 Å². The van der Waals surface area contributed by atoms with E-state index in [0.717, 1.165) is 21.4 Å². The molecular formula is C29H34BrNO5. The molecule has 36 heavy (non-hydrogen) atoms. The molecule has 2 aliphatic carbocycles. The van der Waals surface area contributed by atoms with Gasteiger partial charge in [0.2, 0.25) is 0 Å². The van der Waals surface area contributed by atoms with Crippen molar-refractivity contribution in [3.63, 3.8) is 0 Å². The summed E-state index contributed by atoms with van der Waals surface area (Å²) in [5.41, 5.74) is 3.36. The Kier molecular flexibility index (Phi) is 7.08. The lowest BCUT2D eigenvalue weighted by Crippen LogP contribution is -2.45. The number of carboxylic acid groups (broad SMARTS) is 1. The zero-order valence-electron chi connectivity index (χ0n) is 21.4. The van der Waals surface area contributed by atoms with Crippen LogP contribution >= 0.6 is 15.9 Å². The molecule has 0 fully saturated rings. The number of hydrogen-bond donors (Lipinski definition) is 1. The van der Waals surface area contributed by atoms with E-state index >= 15 is 0 Å². The lowest BCUT2D eigenvalue weighted by atomic mass is 9.63. The third-order valence-electron chi connectivity index (χ3n) is 7.22. The van der Waals surface area contributed by atoms with Crippen molar-refractivity contribution in [1.82, 2.24) is 4.90 Å². The molecule has 0 bridgehead atoms. The van der Waals surface area contributed by atoms with Crippen LogP contribution in [0.15, 0.2) is 57.9 Å². The van der Waals surface area contributed by atoms with Crippen molar-refractivity contribution in [1.29, 1.82) is 0 Å². The van der Waals surface area contributed by atoms with Crippen LogP contribution in [0.2, 0.25) is 0 Å². The molecule has 0 aromatic heterocycles.